The summed E-state index contributed by atoms with van der Waals surface area (Å²) in [5.41, 5.74) is 0. The summed E-state index contributed by atoms with van der Waals surface area (Å²) in [6.07, 6.45) is 3.11. The van der Waals surface area contributed by atoms with Gasteiger partial charge < -0.3 is 15.3 Å². The number of aliphatic hydroxyl groups excluding tert-OH is 1. The van der Waals surface area contributed by atoms with Crippen molar-refractivity contribution < 1.29 is 5.11 Å². The van der Waals surface area contributed by atoms with Crippen molar-refractivity contribution >= 4 is 11.8 Å². The van der Waals surface area contributed by atoms with E-state index in [1.54, 1.807) is 0 Å². The Bertz CT molecular complexity index is 212. The van der Waals surface area contributed by atoms with Crippen molar-refractivity contribution in [2.45, 2.75) is 25.5 Å². The van der Waals surface area contributed by atoms with Crippen molar-refractivity contribution in [2.24, 2.45) is 0 Å². The van der Waals surface area contributed by atoms with Crippen molar-refractivity contribution in [3.63, 3.8) is 0 Å². The van der Waals surface area contributed by atoms with Crippen LogP contribution in [0, 0.1) is 0 Å². The predicted molar refractivity (Wildman–Crippen MR) is 80.4 cm³/mol. The van der Waals surface area contributed by atoms with Crippen LogP contribution in [0.25, 0.3) is 0 Å². The molecule has 108 valence electrons. The highest BCUT2D eigenvalue weighted by atomic mass is 32.2. The van der Waals surface area contributed by atoms with Gasteiger partial charge in [0.15, 0.2) is 0 Å². The van der Waals surface area contributed by atoms with Crippen LogP contribution in [0.3, 0.4) is 0 Å². The van der Waals surface area contributed by atoms with Gasteiger partial charge in [0.05, 0.1) is 6.10 Å². The van der Waals surface area contributed by atoms with E-state index in [4.69, 9.17) is 0 Å². The van der Waals surface area contributed by atoms with E-state index in [0.717, 1.165) is 39.3 Å². The molecule has 2 atom stereocenters. The molecule has 1 aliphatic heterocycles. The average molecular weight is 275 g/mol. The van der Waals surface area contributed by atoms with Crippen LogP contribution in [0.15, 0.2) is 0 Å². The number of aliphatic hydroxyl groups is 1. The summed E-state index contributed by atoms with van der Waals surface area (Å²) in [5.74, 6) is 1.19. The van der Waals surface area contributed by atoms with Gasteiger partial charge in [0.1, 0.15) is 0 Å². The highest BCUT2D eigenvalue weighted by molar-refractivity contribution is 7.98. The minimum atomic E-state index is -0.232. The second-order valence-corrected chi connectivity index (χ2v) is 6.26. The van der Waals surface area contributed by atoms with Crippen molar-refractivity contribution in [2.75, 3.05) is 58.3 Å². The number of hydrogen-bond acceptors (Lipinski definition) is 5. The predicted octanol–water partition coefficient (Wildman–Crippen LogP) is 0.326. The van der Waals surface area contributed by atoms with E-state index in [0.29, 0.717) is 6.04 Å². The molecule has 1 heterocycles. The third-order valence-corrected chi connectivity index (χ3v) is 4.31. The van der Waals surface area contributed by atoms with E-state index < -0.39 is 0 Å². The number of β-amino-alcohol motifs (C(OH)–C–C–N with tert-alkyl or cyclic N) is 1. The van der Waals surface area contributed by atoms with Gasteiger partial charge in [0.2, 0.25) is 0 Å². The molecule has 4 nitrogen and oxygen atoms in total. The molecule has 0 aromatic rings. The summed E-state index contributed by atoms with van der Waals surface area (Å²) in [6, 6.07) is 0.551. The summed E-state index contributed by atoms with van der Waals surface area (Å²) >= 11 is 1.89. The van der Waals surface area contributed by atoms with E-state index in [1.165, 1.54) is 12.2 Å². The quantitative estimate of drug-likeness (QED) is 0.668. The van der Waals surface area contributed by atoms with E-state index in [9.17, 15) is 5.11 Å². The van der Waals surface area contributed by atoms with Crippen molar-refractivity contribution in [1.29, 1.82) is 0 Å². The molecule has 0 aliphatic carbocycles. The molecule has 1 fully saturated rings. The van der Waals surface area contributed by atoms with Crippen LogP contribution in [-0.2, 0) is 0 Å². The number of hydrogen-bond donors (Lipinski definition) is 2. The van der Waals surface area contributed by atoms with E-state index in [2.05, 4.69) is 35.3 Å². The van der Waals surface area contributed by atoms with Gasteiger partial charge in [-0.15, -0.1) is 0 Å². The second-order valence-electron chi connectivity index (χ2n) is 5.27. The zero-order valence-electron chi connectivity index (χ0n) is 12.1. The monoisotopic (exact) mass is 275 g/mol. The van der Waals surface area contributed by atoms with Gasteiger partial charge in [0.25, 0.3) is 0 Å². The molecule has 18 heavy (non-hydrogen) atoms. The number of thioether (sulfide) groups is 1. The number of likely N-dealkylation sites (N-methyl/N-ethyl adjacent to an activating group) is 1. The lowest BCUT2D eigenvalue weighted by Crippen LogP contribution is -2.48. The Kier molecular flexibility index (Phi) is 8.26. The molecule has 2 N–H and O–H groups in total. The highest BCUT2D eigenvalue weighted by Gasteiger charge is 2.17. The van der Waals surface area contributed by atoms with Gasteiger partial charge in [-0.3, -0.25) is 4.90 Å². The molecule has 5 heteroatoms. The molecule has 0 saturated carbocycles. The van der Waals surface area contributed by atoms with E-state index in [-0.39, 0.29) is 6.10 Å². The third-order valence-electron chi connectivity index (χ3n) is 3.67. The molecule has 0 aromatic heterocycles. The Morgan fingerprint density at radius 1 is 1.39 bits per heavy atom. The Morgan fingerprint density at radius 3 is 2.67 bits per heavy atom. The summed E-state index contributed by atoms with van der Waals surface area (Å²) in [6.45, 7) is 8.04. The lowest BCUT2D eigenvalue weighted by molar-refractivity contribution is 0.0664. The van der Waals surface area contributed by atoms with Gasteiger partial charge in [-0.1, -0.05) is 0 Å². The number of nitrogens with zero attached hydrogens (tertiary/aromatic N) is 2. The zero-order chi connectivity index (χ0) is 13.4. The van der Waals surface area contributed by atoms with Gasteiger partial charge >= 0.3 is 0 Å². The molecule has 1 rings (SSSR count). The highest BCUT2D eigenvalue weighted by Crippen LogP contribution is 2.07. The number of nitrogens with one attached hydrogen (secondary N) is 1. The maximum Gasteiger partial charge on any atom is 0.0793 e. The van der Waals surface area contributed by atoms with E-state index >= 15 is 0 Å². The maximum atomic E-state index is 10.1. The first-order valence-electron chi connectivity index (χ1n) is 6.93. The Labute approximate surface area is 116 Å². The van der Waals surface area contributed by atoms with Gasteiger partial charge in [0, 0.05) is 45.3 Å². The van der Waals surface area contributed by atoms with E-state index in [1.807, 2.05) is 11.8 Å². The minimum Gasteiger partial charge on any atom is -0.390 e. The van der Waals surface area contributed by atoms with Crippen molar-refractivity contribution in [1.82, 2.24) is 15.1 Å². The zero-order valence-corrected chi connectivity index (χ0v) is 12.9. The first kappa shape index (κ1) is 16.2. The molecule has 0 spiro atoms. The lowest BCUT2D eigenvalue weighted by atomic mass is 10.2. The van der Waals surface area contributed by atoms with Gasteiger partial charge in [-0.25, -0.2) is 0 Å². The molecule has 1 aliphatic rings. The van der Waals surface area contributed by atoms with Gasteiger partial charge in [-0.05, 0) is 32.4 Å². The smallest absolute Gasteiger partial charge is 0.0793 e. The Hall–Kier alpha value is 0.190. The number of rotatable bonds is 8. The lowest BCUT2D eigenvalue weighted by Gasteiger charge is -2.32. The molecular weight excluding hydrogens is 246 g/mol. The molecule has 0 radical (unpaired) electrons. The summed E-state index contributed by atoms with van der Waals surface area (Å²) in [5, 5.41) is 13.5. The Balaban J connectivity index is 2.18. The van der Waals surface area contributed by atoms with Crippen LogP contribution < -0.4 is 5.32 Å². The fourth-order valence-electron chi connectivity index (χ4n) is 2.27. The topological polar surface area (TPSA) is 38.7 Å². The first-order chi connectivity index (χ1) is 8.63. The largest absolute Gasteiger partial charge is 0.390 e. The fourth-order valence-corrected chi connectivity index (χ4v) is 2.85. The molecule has 0 aromatic carbocycles. The summed E-state index contributed by atoms with van der Waals surface area (Å²) in [4.78, 5) is 4.63. The first-order valence-corrected chi connectivity index (χ1v) is 8.33. The summed E-state index contributed by atoms with van der Waals surface area (Å²) < 4.78 is 0. The Morgan fingerprint density at radius 2 is 2.06 bits per heavy atom. The number of piperazine rings is 1. The van der Waals surface area contributed by atoms with Crippen LogP contribution in [0.5, 0.6) is 0 Å². The second kappa shape index (κ2) is 9.15. The SMILES string of the molecule is CSCCC(C)N(C)CC(O)CN1CCNCC1. The molecule has 2 unspecified atom stereocenters. The van der Waals surface area contributed by atoms with Crippen LogP contribution >= 0.6 is 11.8 Å². The summed E-state index contributed by atoms with van der Waals surface area (Å²) in [7, 11) is 2.12. The molecule has 0 amide bonds. The van der Waals surface area contributed by atoms with Crippen LogP contribution in [-0.4, -0.2) is 85.4 Å². The maximum absolute atomic E-state index is 10.1. The van der Waals surface area contributed by atoms with Gasteiger partial charge in [-0.2, -0.15) is 11.8 Å². The standard InChI is InChI=1S/C13H29N3OS/c1-12(4-9-18-3)15(2)10-13(17)11-16-7-5-14-6-8-16/h12-14,17H,4-11H2,1-3H3. The van der Waals surface area contributed by atoms with Crippen LogP contribution in [0.2, 0.25) is 0 Å². The minimum absolute atomic E-state index is 0.232. The normalized spacial score (nSPS) is 21.2. The van der Waals surface area contributed by atoms with Crippen LogP contribution in [0.1, 0.15) is 13.3 Å². The third kappa shape index (κ3) is 6.38. The molecular formula is C13H29N3OS. The van der Waals surface area contributed by atoms with Crippen LogP contribution in [0.4, 0.5) is 0 Å². The molecule has 0 bridgehead atoms. The van der Waals surface area contributed by atoms with Crippen molar-refractivity contribution in [3.8, 4) is 0 Å². The fraction of sp³-hybridized carbons (Fsp3) is 1.00. The molecule has 1 saturated heterocycles. The average Bonchev–Trinajstić information content (AvgIpc) is 2.36. The van der Waals surface area contributed by atoms with Crippen molar-refractivity contribution in [3.05, 3.63) is 0 Å².